The van der Waals surface area contributed by atoms with Gasteiger partial charge in [-0.15, -0.1) is 0 Å². The van der Waals surface area contributed by atoms with Crippen LogP contribution in [0, 0.1) is 5.82 Å². The Labute approximate surface area is 121 Å². The van der Waals surface area contributed by atoms with E-state index in [0.717, 1.165) is 4.47 Å². The van der Waals surface area contributed by atoms with Crippen molar-refractivity contribution in [3.8, 4) is 5.75 Å². The molecule has 0 saturated carbocycles. The molecule has 2 aromatic rings. The Kier molecular flexibility index (Phi) is 4.24. The molecule has 0 heterocycles. The fraction of sp³-hybridized carbons (Fsp3) is 0.0769. The first-order valence-corrected chi connectivity index (χ1v) is 6.77. The normalized spacial score (nSPS) is 10.4. The molecule has 0 bridgehead atoms. The minimum Gasteiger partial charge on any atom is -0.488 e. The third-order valence-electron chi connectivity index (χ3n) is 2.38. The smallest absolute Gasteiger partial charge is 0.136 e. The van der Waals surface area contributed by atoms with Crippen molar-refractivity contribution in [2.24, 2.45) is 0 Å². The lowest BCUT2D eigenvalue weighted by Crippen LogP contribution is -2.00. The van der Waals surface area contributed by atoms with Crippen LogP contribution in [0.3, 0.4) is 0 Å². The third-order valence-corrected chi connectivity index (χ3v) is 3.73. The molecule has 0 unspecified atom stereocenters. The standard InChI is InChI=1S/C13H10Br2FNO/c14-9-4-5-10(16)8(6-9)7-18-12-3-1-2-11(17)13(12)15/h1-6H,7,17H2. The van der Waals surface area contributed by atoms with Gasteiger partial charge in [0.15, 0.2) is 0 Å². The summed E-state index contributed by atoms with van der Waals surface area (Å²) < 4.78 is 20.6. The first-order chi connectivity index (χ1) is 8.58. The fourth-order valence-electron chi connectivity index (χ4n) is 1.45. The van der Waals surface area contributed by atoms with Crippen LogP contribution in [0.4, 0.5) is 10.1 Å². The minimum absolute atomic E-state index is 0.146. The van der Waals surface area contributed by atoms with E-state index in [9.17, 15) is 4.39 Å². The number of ether oxygens (including phenoxy) is 1. The van der Waals surface area contributed by atoms with Gasteiger partial charge < -0.3 is 10.5 Å². The summed E-state index contributed by atoms with van der Waals surface area (Å²) in [6.45, 7) is 0.146. The van der Waals surface area contributed by atoms with Crippen molar-refractivity contribution < 1.29 is 9.13 Å². The van der Waals surface area contributed by atoms with E-state index in [1.54, 1.807) is 30.3 Å². The molecule has 2 N–H and O–H groups in total. The Morgan fingerprint density at radius 2 is 1.94 bits per heavy atom. The van der Waals surface area contributed by atoms with Crippen LogP contribution < -0.4 is 10.5 Å². The highest BCUT2D eigenvalue weighted by Crippen LogP contribution is 2.31. The Bertz CT molecular complexity index is 573. The second-order valence-corrected chi connectivity index (χ2v) is 5.39. The minimum atomic E-state index is -0.293. The maximum absolute atomic E-state index is 13.5. The number of rotatable bonds is 3. The van der Waals surface area contributed by atoms with E-state index >= 15 is 0 Å². The number of halogens is 3. The zero-order valence-corrected chi connectivity index (χ0v) is 12.5. The van der Waals surface area contributed by atoms with Gasteiger partial charge in [0.1, 0.15) is 18.2 Å². The van der Waals surface area contributed by atoms with Crippen molar-refractivity contribution in [3.05, 3.63) is 56.7 Å². The molecule has 2 aromatic carbocycles. The van der Waals surface area contributed by atoms with E-state index < -0.39 is 0 Å². The number of nitrogens with two attached hydrogens (primary N) is 1. The summed E-state index contributed by atoms with van der Waals surface area (Å²) in [6.07, 6.45) is 0. The van der Waals surface area contributed by atoms with Crippen LogP contribution >= 0.6 is 31.9 Å². The molecule has 0 aromatic heterocycles. The van der Waals surface area contributed by atoms with E-state index in [0.29, 0.717) is 21.5 Å². The van der Waals surface area contributed by atoms with Crippen LogP contribution in [0.5, 0.6) is 5.75 Å². The molecule has 94 valence electrons. The van der Waals surface area contributed by atoms with E-state index in [2.05, 4.69) is 31.9 Å². The van der Waals surface area contributed by atoms with Gasteiger partial charge in [-0.1, -0.05) is 22.0 Å². The number of benzene rings is 2. The summed E-state index contributed by atoms with van der Waals surface area (Å²) in [7, 11) is 0. The summed E-state index contributed by atoms with van der Waals surface area (Å²) >= 11 is 6.63. The Morgan fingerprint density at radius 3 is 2.72 bits per heavy atom. The van der Waals surface area contributed by atoms with Gasteiger partial charge >= 0.3 is 0 Å². The molecule has 5 heteroatoms. The van der Waals surface area contributed by atoms with E-state index in [1.165, 1.54) is 6.07 Å². The first-order valence-electron chi connectivity index (χ1n) is 5.18. The van der Waals surface area contributed by atoms with Crippen LogP contribution in [-0.2, 0) is 6.61 Å². The summed E-state index contributed by atoms with van der Waals surface area (Å²) in [5, 5.41) is 0. The highest BCUT2D eigenvalue weighted by Gasteiger charge is 2.07. The maximum atomic E-state index is 13.5. The molecule has 0 saturated heterocycles. The van der Waals surface area contributed by atoms with Crippen molar-refractivity contribution >= 4 is 37.5 Å². The Balaban J connectivity index is 2.16. The van der Waals surface area contributed by atoms with Crippen LogP contribution in [0.2, 0.25) is 0 Å². The average Bonchev–Trinajstić information content (AvgIpc) is 2.35. The van der Waals surface area contributed by atoms with Crippen molar-refractivity contribution in [1.29, 1.82) is 0 Å². The number of nitrogen functional groups attached to an aromatic ring is 1. The average molecular weight is 375 g/mol. The Morgan fingerprint density at radius 1 is 1.17 bits per heavy atom. The summed E-state index contributed by atoms with van der Waals surface area (Å²) in [5.74, 6) is 0.299. The summed E-state index contributed by atoms with van der Waals surface area (Å²) in [5.41, 5.74) is 6.81. The molecule has 18 heavy (non-hydrogen) atoms. The molecular formula is C13H10Br2FNO. The van der Waals surface area contributed by atoms with Crippen LogP contribution in [0.25, 0.3) is 0 Å². The molecule has 0 aliphatic heterocycles. The second-order valence-electron chi connectivity index (χ2n) is 3.68. The van der Waals surface area contributed by atoms with Crippen LogP contribution in [0.1, 0.15) is 5.56 Å². The molecule has 0 aliphatic carbocycles. The topological polar surface area (TPSA) is 35.2 Å². The van der Waals surface area contributed by atoms with E-state index in [-0.39, 0.29) is 12.4 Å². The van der Waals surface area contributed by atoms with Gasteiger partial charge in [0, 0.05) is 15.7 Å². The van der Waals surface area contributed by atoms with E-state index in [1.807, 2.05) is 0 Å². The molecule has 0 amide bonds. The number of hydrogen-bond donors (Lipinski definition) is 1. The molecule has 0 fully saturated rings. The summed E-state index contributed by atoms with van der Waals surface area (Å²) in [6, 6.07) is 10.1. The monoisotopic (exact) mass is 373 g/mol. The fourth-order valence-corrected chi connectivity index (χ4v) is 2.24. The van der Waals surface area contributed by atoms with Gasteiger partial charge in [0.2, 0.25) is 0 Å². The van der Waals surface area contributed by atoms with Crippen molar-refractivity contribution in [1.82, 2.24) is 0 Å². The molecular weight excluding hydrogens is 365 g/mol. The SMILES string of the molecule is Nc1cccc(OCc2cc(Br)ccc2F)c1Br. The molecule has 0 spiro atoms. The molecule has 0 radical (unpaired) electrons. The van der Waals surface area contributed by atoms with E-state index in [4.69, 9.17) is 10.5 Å². The highest BCUT2D eigenvalue weighted by atomic mass is 79.9. The predicted octanol–water partition coefficient (Wildman–Crippen LogP) is 4.51. The number of anilines is 1. The van der Waals surface area contributed by atoms with Crippen LogP contribution in [0.15, 0.2) is 45.3 Å². The number of hydrogen-bond acceptors (Lipinski definition) is 2. The lowest BCUT2D eigenvalue weighted by molar-refractivity contribution is 0.298. The highest BCUT2D eigenvalue weighted by molar-refractivity contribution is 9.11. The lowest BCUT2D eigenvalue weighted by Gasteiger charge is -2.10. The first kappa shape index (κ1) is 13.4. The zero-order valence-electron chi connectivity index (χ0n) is 9.29. The largest absolute Gasteiger partial charge is 0.488 e. The Hall–Kier alpha value is -1.07. The van der Waals surface area contributed by atoms with Gasteiger partial charge in [-0.25, -0.2) is 4.39 Å². The summed E-state index contributed by atoms with van der Waals surface area (Å²) in [4.78, 5) is 0. The quantitative estimate of drug-likeness (QED) is 0.802. The second kappa shape index (κ2) is 5.71. The molecule has 2 rings (SSSR count). The van der Waals surface area contributed by atoms with Crippen molar-refractivity contribution in [2.45, 2.75) is 6.61 Å². The maximum Gasteiger partial charge on any atom is 0.136 e. The van der Waals surface area contributed by atoms with Crippen molar-refractivity contribution in [3.63, 3.8) is 0 Å². The van der Waals surface area contributed by atoms with Crippen LogP contribution in [-0.4, -0.2) is 0 Å². The van der Waals surface area contributed by atoms with Gasteiger partial charge in [0.05, 0.1) is 4.47 Å². The van der Waals surface area contributed by atoms with Gasteiger partial charge in [-0.3, -0.25) is 0 Å². The van der Waals surface area contributed by atoms with Gasteiger partial charge in [-0.05, 0) is 46.3 Å². The lowest BCUT2D eigenvalue weighted by atomic mass is 10.2. The van der Waals surface area contributed by atoms with Gasteiger partial charge in [-0.2, -0.15) is 0 Å². The zero-order chi connectivity index (χ0) is 13.1. The molecule has 0 atom stereocenters. The third kappa shape index (κ3) is 3.03. The van der Waals surface area contributed by atoms with Crippen molar-refractivity contribution in [2.75, 3.05) is 5.73 Å². The van der Waals surface area contributed by atoms with Gasteiger partial charge in [0.25, 0.3) is 0 Å². The predicted molar refractivity (Wildman–Crippen MR) is 77.0 cm³/mol. The molecule has 0 aliphatic rings. The molecule has 2 nitrogen and oxygen atoms in total.